The minimum atomic E-state index is 0.222. The smallest absolute Gasteiger partial charge is 0.0710 e. The van der Waals surface area contributed by atoms with Crippen LogP contribution in [0.3, 0.4) is 0 Å². The Morgan fingerprint density at radius 3 is 1.33 bits per heavy atom. The van der Waals surface area contributed by atoms with Crippen LogP contribution < -0.4 is 0 Å². The van der Waals surface area contributed by atoms with Crippen LogP contribution in [-0.4, -0.2) is 26.2 Å². The summed E-state index contributed by atoms with van der Waals surface area (Å²) in [5.74, 6) is 0. The highest BCUT2D eigenvalue weighted by molar-refractivity contribution is 4.93. The highest BCUT2D eigenvalue weighted by Crippen LogP contribution is 2.28. The maximum Gasteiger partial charge on any atom is 0.0710 e. The maximum atomic E-state index is 3.92. The first kappa shape index (κ1) is 5.02. The van der Waals surface area contributed by atoms with Crippen molar-refractivity contribution in [2.45, 2.75) is 0 Å². The summed E-state index contributed by atoms with van der Waals surface area (Å²) in [6.07, 6.45) is 0. The lowest BCUT2D eigenvalue weighted by molar-refractivity contribution is 0.411. The Bertz CT molecular complexity index is 132. The van der Waals surface area contributed by atoms with Crippen LogP contribution in [0.2, 0.25) is 0 Å². The lowest BCUT2D eigenvalue weighted by atomic mass is 9.91. The van der Waals surface area contributed by atoms with E-state index in [4.69, 9.17) is 0 Å². The predicted octanol–water partition coefficient (Wildman–Crippen LogP) is 0.904. The number of azo groups is 2. The first-order chi connectivity index (χ1) is 4.41. The van der Waals surface area contributed by atoms with Crippen molar-refractivity contribution in [1.29, 1.82) is 0 Å². The van der Waals surface area contributed by atoms with Gasteiger partial charge in [-0.15, -0.1) is 0 Å². The second-order valence-corrected chi connectivity index (χ2v) is 2.70. The van der Waals surface area contributed by atoms with Gasteiger partial charge in [0.2, 0.25) is 0 Å². The zero-order valence-corrected chi connectivity index (χ0v) is 5.12. The summed E-state index contributed by atoms with van der Waals surface area (Å²) in [7, 11) is 0. The van der Waals surface area contributed by atoms with Crippen molar-refractivity contribution >= 4 is 0 Å². The molecule has 0 atom stereocenters. The molecule has 0 aromatic heterocycles. The van der Waals surface area contributed by atoms with Crippen molar-refractivity contribution in [2.24, 2.45) is 25.9 Å². The Labute approximate surface area is 53.1 Å². The van der Waals surface area contributed by atoms with Crippen molar-refractivity contribution in [2.75, 3.05) is 26.2 Å². The Balaban J connectivity index is 2.11. The van der Waals surface area contributed by atoms with Crippen molar-refractivity contribution in [3.63, 3.8) is 0 Å². The normalized spacial score (nSPS) is 28.4. The molecule has 0 fully saturated rings. The lowest BCUT2D eigenvalue weighted by Crippen LogP contribution is -2.28. The van der Waals surface area contributed by atoms with E-state index in [1.807, 2.05) is 0 Å². The molecule has 4 nitrogen and oxygen atoms in total. The highest BCUT2D eigenvalue weighted by Gasteiger charge is 2.36. The summed E-state index contributed by atoms with van der Waals surface area (Å²) < 4.78 is 0. The van der Waals surface area contributed by atoms with Crippen LogP contribution in [0, 0.1) is 5.41 Å². The molecule has 0 radical (unpaired) electrons. The van der Waals surface area contributed by atoms with Gasteiger partial charge in [-0.05, 0) is 0 Å². The number of hydrogen-bond donors (Lipinski definition) is 0. The van der Waals surface area contributed by atoms with E-state index in [1.165, 1.54) is 0 Å². The van der Waals surface area contributed by atoms with Gasteiger partial charge in [0.15, 0.2) is 0 Å². The second-order valence-electron chi connectivity index (χ2n) is 2.70. The molecule has 2 heterocycles. The number of nitrogens with zero attached hydrogens (tertiary/aromatic N) is 4. The average Bonchev–Trinajstić information content (AvgIpc) is 2.45. The fourth-order valence-corrected chi connectivity index (χ4v) is 1.10. The standard InChI is InChI=1S/C5H8N4/c1-5(2-7-6-1)3-8-9-4-5/h1-4H2. The third kappa shape index (κ3) is 0.658. The molecule has 0 aromatic rings. The molecule has 9 heavy (non-hydrogen) atoms. The largest absolute Gasteiger partial charge is 0.193 e. The molecule has 0 unspecified atom stereocenters. The Kier molecular flexibility index (Phi) is 0.886. The molecule has 1 spiro atoms. The zero-order valence-electron chi connectivity index (χ0n) is 5.12. The predicted molar refractivity (Wildman–Crippen MR) is 31.6 cm³/mol. The van der Waals surface area contributed by atoms with Gasteiger partial charge in [-0.3, -0.25) is 0 Å². The first-order valence-electron chi connectivity index (χ1n) is 3.08. The molecular weight excluding hydrogens is 116 g/mol. The van der Waals surface area contributed by atoms with Crippen molar-refractivity contribution < 1.29 is 0 Å². The van der Waals surface area contributed by atoms with Gasteiger partial charge in [0.25, 0.3) is 0 Å². The minimum absolute atomic E-state index is 0.222. The molecule has 0 saturated carbocycles. The fraction of sp³-hybridized carbons (Fsp3) is 1.00. The monoisotopic (exact) mass is 124 g/mol. The number of hydrogen-bond acceptors (Lipinski definition) is 4. The van der Waals surface area contributed by atoms with E-state index in [9.17, 15) is 0 Å². The summed E-state index contributed by atoms with van der Waals surface area (Å²) in [5.41, 5.74) is 0.222. The quantitative estimate of drug-likeness (QED) is 0.460. The maximum absolute atomic E-state index is 3.92. The van der Waals surface area contributed by atoms with E-state index in [-0.39, 0.29) is 5.41 Å². The lowest BCUT2D eigenvalue weighted by Gasteiger charge is -2.13. The molecule has 0 saturated heterocycles. The van der Waals surface area contributed by atoms with Gasteiger partial charge in [0, 0.05) is 0 Å². The van der Waals surface area contributed by atoms with E-state index in [2.05, 4.69) is 20.5 Å². The van der Waals surface area contributed by atoms with Gasteiger partial charge in [0.05, 0.1) is 31.6 Å². The Morgan fingerprint density at radius 2 is 1.00 bits per heavy atom. The van der Waals surface area contributed by atoms with E-state index in [0.29, 0.717) is 0 Å². The Hall–Kier alpha value is -0.800. The molecule has 0 N–H and O–H groups in total. The molecule has 4 heteroatoms. The average molecular weight is 124 g/mol. The van der Waals surface area contributed by atoms with Gasteiger partial charge in [0.1, 0.15) is 0 Å². The molecule has 0 amide bonds. The molecule has 2 rings (SSSR count). The van der Waals surface area contributed by atoms with Crippen LogP contribution in [0.5, 0.6) is 0 Å². The molecule has 0 aromatic carbocycles. The van der Waals surface area contributed by atoms with Crippen LogP contribution in [-0.2, 0) is 0 Å². The minimum Gasteiger partial charge on any atom is -0.193 e. The Morgan fingerprint density at radius 1 is 0.667 bits per heavy atom. The second kappa shape index (κ2) is 1.59. The van der Waals surface area contributed by atoms with Crippen molar-refractivity contribution in [3.05, 3.63) is 0 Å². The summed E-state index contributed by atoms with van der Waals surface area (Å²) in [4.78, 5) is 0. The number of rotatable bonds is 0. The van der Waals surface area contributed by atoms with Gasteiger partial charge in [-0.1, -0.05) is 0 Å². The van der Waals surface area contributed by atoms with Crippen LogP contribution in [0.25, 0.3) is 0 Å². The third-order valence-electron chi connectivity index (χ3n) is 1.82. The summed E-state index contributed by atoms with van der Waals surface area (Å²) in [6, 6.07) is 0. The fourth-order valence-electron chi connectivity index (χ4n) is 1.10. The van der Waals surface area contributed by atoms with Gasteiger partial charge in [-0.25, -0.2) is 0 Å². The van der Waals surface area contributed by atoms with Gasteiger partial charge < -0.3 is 0 Å². The van der Waals surface area contributed by atoms with E-state index in [1.54, 1.807) is 0 Å². The van der Waals surface area contributed by atoms with Gasteiger partial charge in [-0.2, -0.15) is 20.5 Å². The molecule has 0 aliphatic carbocycles. The molecule has 48 valence electrons. The van der Waals surface area contributed by atoms with Gasteiger partial charge >= 0.3 is 0 Å². The highest BCUT2D eigenvalue weighted by atomic mass is 15.2. The summed E-state index contributed by atoms with van der Waals surface area (Å²) in [6.45, 7) is 3.33. The van der Waals surface area contributed by atoms with E-state index < -0.39 is 0 Å². The van der Waals surface area contributed by atoms with Crippen LogP contribution in [0.4, 0.5) is 0 Å². The van der Waals surface area contributed by atoms with Crippen LogP contribution in [0.15, 0.2) is 20.5 Å². The topological polar surface area (TPSA) is 49.4 Å². The summed E-state index contributed by atoms with van der Waals surface area (Å²) >= 11 is 0. The SMILES string of the molecule is C1N=NCC12CN=NC2. The zero-order chi connectivity index (χ0) is 6.16. The molecule has 2 aliphatic rings. The van der Waals surface area contributed by atoms with Crippen molar-refractivity contribution in [1.82, 2.24) is 0 Å². The molecule has 2 aliphatic heterocycles. The van der Waals surface area contributed by atoms with E-state index >= 15 is 0 Å². The first-order valence-corrected chi connectivity index (χ1v) is 3.08. The van der Waals surface area contributed by atoms with E-state index in [0.717, 1.165) is 26.2 Å². The third-order valence-corrected chi connectivity index (χ3v) is 1.82. The van der Waals surface area contributed by atoms with Crippen LogP contribution >= 0.6 is 0 Å². The molecular formula is C5H8N4. The van der Waals surface area contributed by atoms with Crippen molar-refractivity contribution in [3.8, 4) is 0 Å². The molecule has 0 bridgehead atoms. The summed E-state index contributed by atoms with van der Waals surface area (Å²) in [5, 5.41) is 15.7. The van der Waals surface area contributed by atoms with Crippen LogP contribution in [0.1, 0.15) is 0 Å².